The topological polar surface area (TPSA) is 104 Å². The van der Waals surface area contributed by atoms with Gasteiger partial charge in [0.05, 0.1) is 11.8 Å². The Morgan fingerprint density at radius 2 is 1.78 bits per heavy atom. The number of carbonyl (C=O) groups is 3. The van der Waals surface area contributed by atoms with Crippen molar-refractivity contribution in [2.24, 2.45) is 0 Å². The van der Waals surface area contributed by atoms with Crippen molar-refractivity contribution in [2.45, 2.75) is 12.8 Å². The van der Waals surface area contributed by atoms with Crippen LogP contribution in [-0.2, 0) is 11.2 Å². The normalized spacial score (nSPS) is 12.2. The number of amides is 4. The lowest BCUT2D eigenvalue weighted by molar-refractivity contribution is -0.116. The van der Waals surface area contributed by atoms with Gasteiger partial charge in [-0.15, -0.1) is 0 Å². The number of carbonyl (C=O) groups excluding carboxylic acids is 3. The molecule has 164 valence electrons. The maximum absolute atomic E-state index is 12.6. The smallest absolute Gasteiger partial charge is 0.319 e. The number of urea groups is 1. The molecule has 1 aliphatic rings. The summed E-state index contributed by atoms with van der Waals surface area (Å²) in [6, 6.07) is 13.9. The molecular formula is C23H21BrN4O4. The minimum absolute atomic E-state index is 0.109. The van der Waals surface area contributed by atoms with E-state index in [4.69, 9.17) is 4.42 Å². The van der Waals surface area contributed by atoms with Crippen molar-refractivity contribution >= 4 is 50.8 Å². The van der Waals surface area contributed by atoms with E-state index in [1.165, 1.54) is 12.5 Å². The van der Waals surface area contributed by atoms with E-state index < -0.39 is 0 Å². The molecule has 32 heavy (non-hydrogen) atoms. The van der Waals surface area contributed by atoms with Crippen LogP contribution in [0.2, 0.25) is 0 Å². The fourth-order valence-corrected chi connectivity index (χ4v) is 3.72. The molecule has 0 spiro atoms. The number of hydrogen-bond donors (Lipinski definition) is 3. The molecule has 1 aromatic heterocycles. The summed E-state index contributed by atoms with van der Waals surface area (Å²) in [7, 11) is 0. The highest BCUT2D eigenvalue weighted by Gasteiger charge is 2.26. The molecule has 3 N–H and O–H groups in total. The molecule has 2 aromatic carbocycles. The van der Waals surface area contributed by atoms with Crippen LogP contribution in [0.25, 0.3) is 0 Å². The van der Waals surface area contributed by atoms with E-state index in [-0.39, 0.29) is 30.8 Å². The zero-order valence-corrected chi connectivity index (χ0v) is 18.6. The van der Waals surface area contributed by atoms with Crippen molar-refractivity contribution in [1.29, 1.82) is 0 Å². The molecule has 8 nitrogen and oxygen atoms in total. The molecule has 0 fully saturated rings. The van der Waals surface area contributed by atoms with Crippen molar-refractivity contribution in [3.8, 4) is 0 Å². The van der Waals surface area contributed by atoms with Crippen LogP contribution >= 0.6 is 15.9 Å². The van der Waals surface area contributed by atoms with Gasteiger partial charge in [0.1, 0.15) is 6.26 Å². The first kappa shape index (κ1) is 21.6. The van der Waals surface area contributed by atoms with Gasteiger partial charge in [0.25, 0.3) is 5.91 Å². The van der Waals surface area contributed by atoms with E-state index in [0.717, 1.165) is 15.7 Å². The Kier molecular flexibility index (Phi) is 6.55. The molecule has 0 saturated heterocycles. The largest absolute Gasteiger partial charge is 0.472 e. The van der Waals surface area contributed by atoms with Crippen LogP contribution in [0.3, 0.4) is 0 Å². The highest BCUT2D eigenvalue weighted by Crippen LogP contribution is 2.31. The van der Waals surface area contributed by atoms with Gasteiger partial charge < -0.3 is 25.3 Å². The first-order valence-corrected chi connectivity index (χ1v) is 10.9. The molecule has 4 amide bonds. The predicted molar refractivity (Wildman–Crippen MR) is 125 cm³/mol. The quantitative estimate of drug-likeness (QED) is 0.470. The highest BCUT2D eigenvalue weighted by atomic mass is 79.9. The summed E-state index contributed by atoms with van der Waals surface area (Å²) in [5, 5.41) is 8.20. The number of hydrogen-bond acceptors (Lipinski definition) is 4. The van der Waals surface area contributed by atoms with Gasteiger partial charge in [0.2, 0.25) is 5.91 Å². The van der Waals surface area contributed by atoms with Gasteiger partial charge in [0, 0.05) is 41.0 Å². The number of benzene rings is 2. The van der Waals surface area contributed by atoms with Crippen LogP contribution in [-0.4, -0.2) is 30.9 Å². The second-order valence-corrected chi connectivity index (χ2v) is 8.16. The third-order valence-electron chi connectivity index (χ3n) is 5.01. The molecule has 9 heteroatoms. The van der Waals surface area contributed by atoms with Gasteiger partial charge in [-0.1, -0.05) is 15.9 Å². The van der Waals surface area contributed by atoms with Crippen molar-refractivity contribution in [3.05, 3.63) is 76.7 Å². The van der Waals surface area contributed by atoms with Crippen LogP contribution < -0.4 is 20.9 Å². The van der Waals surface area contributed by atoms with E-state index >= 15 is 0 Å². The van der Waals surface area contributed by atoms with E-state index in [1.807, 2.05) is 24.3 Å². The van der Waals surface area contributed by atoms with Crippen molar-refractivity contribution < 1.29 is 18.8 Å². The first-order chi connectivity index (χ1) is 15.5. The predicted octanol–water partition coefficient (Wildman–Crippen LogP) is 4.40. The van der Waals surface area contributed by atoms with Gasteiger partial charge in [0.15, 0.2) is 0 Å². The second-order valence-electron chi connectivity index (χ2n) is 7.25. The Bertz CT molecular complexity index is 1130. The molecule has 3 aromatic rings. The lowest BCUT2D eigenvalue weighted by atomic mass is 10.1. The number of nitrogens with one attached hydrogen (secondary N) is 3. The van der Waals surface area contributed by atoms with Crippen molar-refractivity contribution in [1.82, 2.24) is 5.32 Å². The first-order valence-electron chi connectivity index (χ1n) is 10.1. The molecule has 0 unspecified atom stereocenters. The van der Waals surface area contributed by atoms with Crippen molar-refractivity contribution in [3.63, 3.8) is 0 Å². The van der Waals surface area contributed by atoms with E-state index in [2.05, 4.69) is 31.9 Å². The Morgan fingerprint density at radius 3 is 2.53 bits per heavy atom. The number of nitrogens with zero attached hydrogens (tertiary/aromatic N) is 1. The summed E-state index contributed by atoms with van der Waals surface area (Å²) in [5.41, 5.74) is 3.65. The highest BCUT2D eigenvalue weighted by molar-refractivity contribution is 9.10. The summed E-state index contributed by atoms with van der Waals surface area (Å²) < 4.78 is 5.92. The number of furan rings is 1. The molecule has 0 atom stereocenters. The summed E-state index contributed by atoms with van der Waals surface area (Å²) in [4.78, 5) is 38.5. The summed E-state index contributed by atoms with van der Waals surface area (Å²) in [6.07, 6.45) is 3.75. The third-order valence-corrected chi connectivity index (χ3v) is 5.54. The molecule has 4 rings (SSSR count). The number of anilines is 3. The van der Waals surface area contributed by atoms with Gasteiger partial charge >= 0.3 is 6.03 Å². The zero-order valence-electron chi connectivity index (χ0n) is 17.1. The lowest BCUT2D eigenvalue weighted by Gasteiger charge is -2.16. The number of halogens is 1. The van der Waals surface area contributed by atoms with Gasteiger partial charge in [-0.25, -0.2) is 4.79 Å². The van der Waals surface area contributed by atoms with Gasteiger partial charge in [-0.2, -0.15) is 0 Å². The van der Waals surface area contributed by atoms with Gasteiger partial charge in [-0.05, 0) is 60.5 Å². The average Bonchev–Trinajstić information content (AvgIpc) is 3.45. The molecule has 0 aliphatic carbocycles. The SMILES string of the molecule is O=C(CCNC(=O)Nc1ccc(Br)cc1)Nc1ccc2c(c1)CCN2C(=O)c1ccoc1. The Morgan fingerprint density at radius 1 is 1.00 bits per heavy atom. The molecule has 0 saturated carbocycles. The minimum atomic E-state index is -0.375. The van der Waals surface area contributed by atoms with Crippen LogP contribution in [0.15, 0.2) is 69.9 Å². The maximum atomic E-state index is 12.6. The molecular weight excluding hydrogens is 476 g/mol. The molecule has 0 radical (unpaired) electrons. The van der Waals surface area contributed by atoms with Crippen molar-refractivity contribution in [2.75, 3.05) is 28.6 Å². The van der Waals surface area contributed by atoms with Crippen LogP contribution in [0.1, 0.15) is 22.3 Å². The zero-order chi connectivity index (χ0) is 22.5. The second kappa shape index (κ2) is 9.69. The molecule has 1 aliphatic heterocycles. The van der Waals surface area contributed by atoms with Gasteiger partial charge in [-0.3, -0.25) is 9.59 Å². The van der Waals surface area contributed by atoms with Crippen LogP contribution in [0.5, 0.6) is 0 Å². The fourth-order valence-electron chi connectivity index (χ4n) is 3.45. The summed E-state index contributed by atoms with van der Waals surface area (Å²) >= 11 is 3.34. The van der Waals surface area contributed by atoms with E-state index in [1.54, 1.807) is 29.2 Å². The van der Waals surface area contributed by atoms with Crippen LogP contribution in [0.4, 0.5) is 21.9 Å². The standard InChI is InChI=1S/C23H21BrN4O4/c24-17-1-3-18(4-2-17)27-23(31)25-10-7-21(29)26-19-5-6-20-15(13-19)8-11-28(20)22(30)16-9-12-32-14-16/h1-6,9,12-14H,7-8,10-11H2,(H,26,29)(H2,25,27,31). The summed E-state index contributed by atoms with van der Waals surface area (Å²) in [5.74, 6) is -0.319. The van der Waals surface area contributed by atoms with Crippen LogP contribution in [0, 0.1) is 0 Å². The Hall–Kier alpha value is -3.59. The van der Waals surface area contributed by atoms with E-state index in [9.17, 15) is 14.4 Å². The monoisotopic (exact) mass is 496 g/mol. The molecule has 0 bridgehead atoms. The minimum Gasteiger partial charge on any atom is -0.472 e. The Balaban J connectivity index is 1.26. The fraction of sp³-hybridized carbons (Fsp3) is 0.174. The molecule has 2 heterocycles. The van der Waals surface area contributed by atoms with E-state index in [0.29, 0.717) is 29.9 Å². The Labute approximate surface area is 193 Å². The lowest BCUT2D eigenvalue weighted by Crippen LogP contribution is -2.31. The third kappa shape index (κ3) is 5.17. The number of fused-ring (bicyclic) bond motifs is 1. The number of rotatable bonds is 6. The average molecular weight is 497 g/mol. The summed E-state index contributed by atoms with van der Waals surface area (Å²) in [6.45, 7) is 0.778. The maximum Gasteiger partial charge on any atom is 0.319 e.